The Bertz CT molecular complexity index is 404. The number of hydrogen-bond donors (Lipinski definition) is 0. The first-order valence-corrected chi connectivity index (χ1v) is 6.77. The molecule has 0 heterocycles. The van der Waals surface area contributed by atoms with E-state index in [2.05, 4.69) is 20.8 Å². The van der Waals surface area contributed by atoms with Gasteiger partial charge in [-0.05, 0) is 30.0 Å². The number of carbonyl (C=O) groups is 1. The molecule has 0 saturated heterocycles. The first-order chi connectivity index (χ1) is 8.81. The fourth-order valence-corrected chi connectivity index (χ4v) is 1.98. The highest BCUT2D eigenvalue weighted by Gasteiger charge is 2.17. The summed E-state index contributed by atoms with van der Waals surface area (Å²) in [4.78, 5) is 13.9. The second-order valence-corrected chi connectivity index (χ2v) is 6.06. The molecule has 0 spiro atoms. The minimum Gasteiger partial charge on any atom is -0.494 e. The van der Waals surface area contributed by atoms with Crippen molar-refractivity contribution < 1.29 is 9.53 Å². The zero-order valence-electron chi connectivity index (χ0n) is 12.7. The molecule has 0 aromatic heterocycles. The van der Waals surface area contributed by atoms with Gasteiger partial charge in [0.2, 0.25) is 5.91 Å². The van der Waals surface area contributed by atoms with Crippen molar-refractivity contribution in [1.82, 2.24) is 4.90 Å². The minimum atomic E-state index is 0.128. The molecule has 1 rings (SSSR count). The molecule has 0 radical (unpaired) electrons. The first kappa shape index (κ1) is 15.5. The Morgan fingerprint density at radius 3 is 2.26 bits per heavy atom. The molecule has 0 fully saturated rings. The fourth-order valence-electron chi connectivity index (χ4n) is 1.98. The summed E-state index contributed by atoms with van der Waals surface area (Å²) >= 11 is 0. The maximum Gasteiger partial charge on any atom is 0.226 e. The van der Waals surface area contributed by atoms with Crippen molar-refractivity contribution in [2.45, 2.75) is 34.1 Å². The minimum absolute atomic E-state index is 0.128. The molecule has 0 bridgehead atoms. The number of rotatable bonds is 5. The highest BCUT2D eigenvalue weighted by Crippen LogP contribution is 2.16. The molecule has 3 nitrogen and oxygen atoms in total. The lowest BCUT2D eigenvalue weighted by atomic mass is 9.96. The number of likely N-dealkylation sites (N-methyl/N-ethyl adjacent to an activating group) is 1. The molecule has 0 saturated carbocycles. The Labute approximate surface area is 116 Å². The van der Waals surface area contributed by atoms with E-state index in [9.17, 15) is 4.79 Å². The molecule has 0 aliphatic carbocycles. The zero-order chi connectivity index (χ0) is 14.5. The van der Waals surface area contributed by atoms with E-state index in [1.165, 1.54) is 0 Å². The lowest BCUT2D eigenvalue weighted by Crippen LogP contribution is -2.35. The normalized spacial score (nSPS) is 11.2. The van der Waals surface area contributed by atoms with Crippen LogP contribution in [0, 0.1) is 5.41 Å². The van der Waals surface area contributed by atoms with Crippen LogP contribution in [-0.2, 0) is 11.2 Å². The van der Waals surface area contributed by atoms with E-state index >= 15 is 0 Å². The molecule has 0 N–H and O–H groups in total. The van der Waals surface area contributed by atoms with Crippen LogP contribution in [0.15, 0.2) is 24.3 Å². The van der Waals surface area contributed by atoms with Gasteiger partial charge in [-0.25, -0.2) is 0 Å². The molecule has 0 aliphatic heterocycles. The van der Waals surface area contributed by atoms with Crippen LogP contribution in [0.25, 0.3) is 0 Å². The smallest absolute Gasteiger partial charge is 0.226 e. The second-order valence-electron chi connectivity index (χ2n) is 6.06. The molecule has 106 valence electrons. The summed E-state index contributed by atoms with van der Waals surface area (Å²) in [5.41, 5.74) is 1.15. The Hall–Kier alpha value is -1.51. The lowest BCUT2D eigenvalue weighted by molar-refractivity contribution is -0.130. The summed E-state index contributed by atoms with van der Waals surface area (Å²) in [5.74, 6) is 1.00. The van der Waals surface area contributed by atoms with Crippen molar-refractivity contribution in [3.63, 3.8) is 0 Å². The van der Waals surface area contributed by atoms with E-state index in [1.54, 1.807) is 4.90 Å². The van der Waals surface area contributed by atoms with Gasteiger partial charge in [-0.2, -0.15) is 0 Å². The molecule has 0 aliphatic rings. The Kier molecular flexibility index (Phi) is 5.40. The molecule has 0 atom stereocenters. The highest BCUT2D eigenvalue weighted by atomic mass is 16.5. The topological polar surface area (TPSA) is 29.5 Å². The molecular weight excluding hydrogens is 238 g/mol. The Morgan fingerprint density at radius 2 is 1.79 bits per heavy atom. The van der Waals surface area contributed by atoms with Crippen molar-refractivity contribution >= 4 is 5.91 Å². The summed E-state index contributed by atoms with van der Waals surface area (Å²) in [7, 11) is 1.86. The third-order valence-electron chi connectivity index (χ3n) is 2.73. The van der Waals surface area contributed by atoms with E-state index in [0.717, 1.165) is 17.9 Å². The molecule has 3 heteroatoms. The summed E-state index contributed by atoms with van der Waals surface area (Å²) < 4.78 is 5.38. The number of carbonyl (C=O) groups excluding carboxylic acids is 1. The fraction of sp³-hybridized carbons (Fsp3) is 0.562. The summed E-state index contributed by atoms with van der Waals surface area (Å²) in [6.45, 7) is 9.78. The first-order valence-electron chi connectivity index (χ1n) is 6.77. The van der Waals surface area contributed by atoms with Crippen molar-refractivity contribution in [2.24, 2.45) is 5.41 Å². The van der Waals surface area contributed by atoms with E-state index < -0.39 is 0 Å². The predicted octanol–water partition coefficient (Wildman–Crippen LogP) is 3.13. The van der Waals surface area contributed by atoms with Crippen LogP contribution in [-0.4, -0.2) is 31.0 Å². The average molecular weight is 263 g/mol. The molecule has 19 heavy (non-hydrogen) atoms. The van der Waals surface area contributed by atoms with Crippen LogP contribution in [0.2, 0.25) is 0 Å². The monoisotopic (exact) mass is 263 g/mol. The van der Waals surface area contributed by atoms with E-state index in [1.807, 2.05) is 38.2 Å². The van der Waals surface area contributed by atoms with Crippen LogP contribution in [0.3, 0.4) is 0 Å². The predicted molar refractivity (Wildman–Crippen MR) is 78.4 cm³/mol. The summed E-state index contributed by atoms with van der Waals surface area (Å²) in [6, 6.07) is 7.73. The van der Waals surface area contributed by atoms with E-state index in [0.29, 0.717) is 13.0 Å². The third-order valence-corrected chi connectivity index (χ3v) is 2.73. The van der Waals surface area contributed by atoms with Crippen molar-refractivity contribution in [1.29, 1.82) is 0 Å². The maximum atomic E-state index is 12.1. The molecule has 0 unspecified atom stereocenters. The van der Waals surface area contributed by atoms with Gasteiger partial charge in [0, 0.05) is 13.6 Å². The van der Waals surface area contributed by atoms with E-state index in [-0.39, 0.29) is 11.3 Å². The number of hydrogen-bond acceptors (Lipinski definition) is 2. The van der Waals surface area contributed by atoms with Crippen LogP contribution in [0.5, 0.6) is 5.75 Å². The zero-order valence-corrected chi connectivity index (χ0v) is 12.7. The van der Waals surface area contributed by atoms with Crippen LogP contribution in [0.4, 0.5) is 0 Å². The van der Waals surface area contributed by atoms with Crippen LogP contribution < -0.4 is 4.74 Å². The quantitative estimate of drug-likeness (QED) is 0.817. The van der Waals surface area contributed by atoms with Crippen LogP contribution in [0.1, 0.15) is 33.3 Å². The SMILES string of the molecule is CCOc1ccc(CC(=O)N(C)CC(C)(C)C)cc1. The number of benzene rings is 1. The van der Waals surface area contributed by atoms with Gasteiger partial charge < -0.3 is 9.64 Å². The van der Waals surface area contributed by atoms with Gasteiger partial charge in [0.05, 0.1) is 13.0 Å². The number of ether oxygens (including phenoxy) is 1. The van der Waals surface area contributed by atoms with E-state index in [4.69, 9.17) is 4.74 Å². The largest absolute Gasteiger partial charge is 0.494 e. The average Bonchev–Trinajstić information content (AvgIpc) is 2.29. The molecular formula is C16H25NO2. The van der Waals surface area contributed by atoms with Gasteiger partial charge in [-0.15, -0.1) is 0 Å². The Morgan fingerprint density at radius 1 is 1.21 bits per heavy atom. The summed E-state index contributed by atoms with van der Waals surface area (Å²) in [5, 5.41) is 0. The highest BCUT2D eigenvalue weighted by molar-refractivity contribution is 5.78. The van der Waals surface area contributed by atoms with Crippen molar-refractivity contribution in [3.05, 3.63) is 29.8 Å². The maximum absolute atomic E-state index is 12.1. The standard InChI is InChI=1S/C16H25NO2/c1-6-19-14-9-7-13(8-10-14)11-15(18)17(5)12-16(2,3)4/h7-10H,6,11-12H2,1-5H3. The molecule has 1 amide bonds. The van der Waals surface area contributed by atoms with Gasteiger partial charge in [-0.1, -0.05) is 32.9 Å². The summed E-state index contributed by atoms with van der Waals surface area (Å²) in [6.07, 6.45) is 0.443. The number of amides is 1. The van der Waals surface area contributed by atoms with Gasteiger partial charge >= 0.3 is 0 Å². The van der Waals surface area contributed by atoms with Gasteiger partial charge in [0.25, 0.3) is 0 Å². The third kappa shape index (κ3) is 5.77. The van der Waals surface area contributed by atoms with Gasteiger partial charge in [-0.3, -0.25) is 4.79 Å². The van der Waals surface area contributed by atoms with Crippen molar-refractivity contribution in [3.8, 4) is 5.75 Å². The van der Waals surface area contributed by atoms with Crippen molar-refractivity contribution in [2.75, 3.05) is 20.2 Å². The Balaban J connectivity index is 2.56. The second kappa shape index (κ2) is 6.60. The number of nitrogens with zero attached hydrogens (tertiary/aromatic N) is 1. The van der Waals surface area contributed by atoms with Crippen LogP contribution >= 0.6 is 0 Å². The van der Waals surface area contributed by atoms with Gasteiger partial charge in [0.15, 0.2) is 0 Å². The molecule has 1 aromatic carbocycles. The van der Waals surface area contributed by atoms with Gasteiger partial charge in [0.1, 0.15) is 5.75 Å². The lowest BCUT2D eigenvalue weighted by Gasteiger charge is -2.26. The molecule has 1 aromatic rings.